The highest BCUT2D eigenvalue weighted by Gasteiger charge is 2.30. The van der Waals surface area contributed by atoms with E-state index in [-0.39, 0.29) is 17.4 Å². The molecule has 5 nitrogen and oxygen atoms in total. The predicted octanol–water partition coefficient (Wildman–Crippen LogP) is 1.93. The molecule has 1 saturated heterocycles. The summed E-state index contributed by atoms with van der Waals surface area (Å²) < 4.78 is 12.0. The van der Waals surface area contributed by atoms with Crippen LogP contribution in [0.25, 0.3) is 0 Å². The van der Waals surface area contributed by atoms with Gasteiger partial charge in [0.1, 0.15) is 5.69 Å². The van der Waals surface area contributed by atoms with Crippen molar-refractivity contribution in [3.63, 3.8) is 0 Å². The molecule has 1 aliphatic heterocycles. The van der Waals surface area contributed by atoms with Crippen molar-refractivity contribution in [2.45, 2.75) is 39.2 Å². The van der Waals surface area contributed by atoms with Crippen LogP contribution in [0.4, 0.5) is 0 Å². The van der Waals surface area contributed by atoms with Gasteiger partial charge in [0.25, 0.3) is 0 Å². The SMILES string of the molecule is CCOC(=O)c1cc(C(C)(C)C)nn1C1COC1. The molecule has 1 aromatic rings. The summed E-state index contributed by atoms with van der Waals surface area (Å²) in [6.07, 6.45) is 0. The van der Waals surface area contributed by atoms with Gasteiger partial charge in [0.05, 0.1) is 31.6 Å². The summed E-state index contributed by atoms with van der Waals surface area (Å²) in [6.45, 7) is 9.62. The van der Waals surface area contributed by atoms with E-state index in [1.165, 1.54) is 0 Å². The third-order valence-corrected chi connectivity index (χ3v) is 2.96. The minimum atomic E-state index is -0.313. The minimum absolute atomic E-state index is 0.0862. The van der Waals surface area contributed by atoms with Gasteiger partial charge in [0.15, 0.2) is 0 Å². The highest BCUT2D eigenvalue weighted by Crippen LogP contribution is 2.26. The van der Waals surface area contributed by atoms with Crippen LogP contribution < -0.4 is 0 Å². The second-order valence-electron chi connectivity index (χ2n) is 5.52. The quantitative estimate of drug-likeness (QED) is 0.771. The fraction of sp³-hybridized carbons (Fsp3) is 0.692. The van der Waals surface area contributed by atoms with E-state index in [0.717, 1.165) is 5.69 Å². The van der Waals surface area contributed by atoms with Gasteiger partial charge in [0, 0.05) is 5.41 Å². The Bertz CT molecular complexity index is 442. The number of hydrogen-bond donors (Lipinski definition) is 0. The molecule has 0 aromatic carbocycles. The van der Waals surface area contributed by atoms with E-state index in [0.29, 0.717) is 25.5 Å². The van der Waals surface area contributed by atoms with Crippen LogP contribution in [0.3, 0.4) is 0 Å². The van der Waals surface area contributed by atoms with Gasteiger partial charge in [-0.05, 0) is 13.0 Å². The van der Waals surface area contributed by atoms with Crippen LogP contribution >= 0.6 is 0 Å². The number of nitrogens with zero attached hydrogens (tertiary/aromatic N) is 2. The van der Waals surface area contributed by atoms with Gasteiger partial charge in [-0.25, -0.2) is 4.79 Å². The first-order chi connectivity index (χ1) is 8.43. The Morgan fingerprint density at radius 1 is 1.56 bits per heavy atom. The first-order valence-electron chi connectivity index (χ1n) is 6.28. The molecule has 0 unspecified atom stereocenters. The highest BCUT2D eigenvalue weighted by molar-refractivity contribution is 5.87. The average Bonchev–Trinajstić information content (AvgIpc) is 2.59. The standard InChI is InChI=1S/C13H20N2O3/c1-5-18-12(16)10-6-11(13(2,3)4)14-15(10)9-7-17-8-9/h6,9H,5,7-8H2,1-4H3. The van der Waals surface area contributed by atoms with Gasteiger partial charge >= 0.3 is 5.97 Å². The van der Waals surface area contributed by atoms with Crippen molar-refractivity contribution < 1.29 is 14.3 Å². The van der Waals surface area contributed by atoms with Crippen LogP contribution in [0.5, 0.6) is 0 Å². The number of ether oxygens (including phenoxy) is 2. The molecule has 1 aromatic heterocycles. The van der Waals surface area contributed by atoms with Crippen molar-refractivity contribution in [2.24, 2.45) is 0 Å². The van der Waals surface area contributed by atoms with Crippen molar-refractivity contribution in [1.82, 2.24) is 9.78 Å². The summed E-state index contributed by atoms with van der Waals surface area (Å²) in [7, 11) is 0. The van der Waals surface area contributed by atoms with Gasteiger partial charge in [-0.2, -0.15) is 5.10 Å². The summed E-state index contributed by atoms with van der Waals surface area (Å²) in [4.78, 5) is 11.9. The molecular formula is C13H20N2O3. The van der Waals surface area contributed by atoms with E-state index >= 15 is 0 Å². The second-order valence-corrected chi connectivity index (χ2v) is 5.52. The molecule has 1 fully saturated rings. The van der Waals surface area contributed by atoms with E-state index in [4.69, 9.17) is 9.47 Å². The molecule has 18 heavy (non-hydrogen) atoms. The second kappa shape index (κ2) is 4.72. The van der Waals surface area contributed by atoms with Crippen molar-refractivity contribution in [3.8, 4) is 0 Å². The van der Waals surface area contributed by atoms with Gasteiger partial charge in [-0.3, -0.25) is 4.68 Å². The largest absolute Gasteiger partial charge is 0.461 e. The Balaban J connectivity index is 2.35. The maximum Gasteiger partial charge on any atom is 0.356 e. The van der Waals surface area contributed by atoms with Gasteiger partial charge in [0.2, 0.25) is 0 Å². The molecule has 1 aliphatic rings. The lowest BCUT2D eigenvalue weighted by Gasteiger charge is -2.27. The highest BCUT2D eigenvalue weighted by atomic mass is 16.5. The maximum absolute atomic E-state index is 11.9. The average molecular weight is 252 g/mol. The number of hydrogen-bond acceptors (Lipinski definition) is 4. The fourth-order valence-electron chi connectivity index (χ4n) is 1.76. The summed E-state index contributed by atoms with van der Waals surface area (Å²) in [5, 5.41) is 4.54. The van der Waals surface area contributed by atoms with Gasteiger partial charge in [-0.15, -0.1) is 0 Å². The number of carbonyl (C=O) groups excluding carboxylic acids is 1. The van der Waals surface area contributed by atoms with Crippen LogP contribution in [0.15, 0.2) is 6.07 Å². The molecule has 0 spiro atoms. The van der Waals surface area contributed by atoms with E-state index in [2.05, 4.69) is 25.9 Å². The van der Waals surface area contributed by atoms with Crippen LogP contribution in [-0.4, -0.2) is 35.6 Å². The van der Waals surface area contributed by atoms with Gasteiger partial charge in [-0.1, -0.05) is 20.8 Å². The summed E-state index contributed by atoms with van der Waals surface area (Å²) in [6, 6.07) is 1.98. The van der Waals surface area contributed by atoms with Gasteiger partial charge < -0.3 is 9.47 Å². The topological polar surface area (TPSA) is 53.3 Å². The Morgan fingerprint density at radius 3 is 2.67 bits per heavy atom. The van der Waals surface area contributed by atoms with Crippen LogP contribution in [0.1, 0.15) is 49.9 Å². The predicted molar refractivity (Wildman–Crippen MR) is 66.7 cm³/mol. The lowest BCUT2D eigenvalue weighted by atomic mass is 9.92. The number of esters is 1. The van der Waals surface area contributed by atoms with Crippen molar-refractivity contribution in [3.05, 3.63) is 17.5 Å². The molecule has 0 N–H and O–H groups in total. The number of carbonyl (C=O) groups is 1. The zero-order chi connectivity index (χ0) is 13.3. The fourth-order valence-corrected chi connectivity index (χ4v) is 1.76. The lowest BCUT2D eigenvalue weighted by molar-refractivity contribution is -0.0305. The monoisotopic (exact) mass is 252 g/mol. The molecular weight excluding hydrogens is 232 g/mol. The minimum Gasteiger partial charge on any atom is -0.461 e. The smallest absolute Gasteiger partial charge is 0.356 e. The Hall–Kier alpha value is -1.36. The zero-order valence-corrected chi connectivity index (χ0v) is 11.4. The number of aromatic nitrogens is 2. The summed E-state index contributed by atoms with van der Waals surface area (Å²) in [5.41, 5.74) is 1.34. The summed E-state index contributed by atoms with van der Waals surface area (Å²) in [5.74, 6) is -0.313. The molecule has 2 heterocycles. The molecule has 0 saturated carbocycles. The molecule has 0 amide bonds. The Morgan fingerprint density at radius 2 is 2.22 bits per heavy atom. The first kappa shape index (κ1) is 13.1. The normalized spacial score (nSPS) is 16.4. The van der Waals surface area contributed by atoms with E-state index in [9.17, 15) is 4.79 Å². The molecule has 100 valence electrons. The molecule has 0 atom stereocenters. The van der Waals surface area contributed by atoms with E-state index in [1.54, 1.807) is 11.6 Å². The zero-order valence-electron chi connectivity index (χ0n) is 11.4. The molecule has 0 aliphatic carbocycles. The van der Waals surface area contributed by atoms with E-state index in [1.807, 2.05) is 6.07 Å². The van der Waals surface area contributed by atoms with Crippen LogP contribution in [0.2, 0.25) is 0 Å². The maximum atomic E-state index is 11.9. The molecule has 0 radical (unpaired) electrons. The molecule has 5 heteroatoms. The number of rotatable bonds is 3. The Kier molecular flexibility index (Phi) is 3.43. The van der Waals surface area contributed by atoms with Crippen molar-refractivity contribution in [2.75, 3.05) is 19.8 Å². The van der Waals surface area contributed by atoms with Crippen LogP contribution in [-0.2, 0) is 14.9 Å². The summed E-state index contributed by atoms with van der Waals surface area (Å²) >= 11 is 0. The Labute approximate surface area is 107 Å². The van der Waals surface area contributed by atoms with Crippen molar-refractivity contribution in [1.29, 1.82) is 0 Å². The lowest BCUT2D eigenvalue weighted by Crippen LogP contribution is -2.33. The van der Waals surface area contributed by atoms with E-state index < -0.39 is 0 Å². The van der Waals surface area contributed by atoms with Crippen LogP contribution in [0, 0.1) is 0 Å². The molecule has 0 bridgehead atoms. The third kappa shape index (κ3) is 2.41. The first-order valence-corrected chi connectivity index (χ1v) is 6.28. The van der Waals surface area contributed by atoms with Crippen molar-refractivity contribution >= 4 is 5.97 Å². The third-order valence-electron chi connectivity index (χ3n) is 2.96. The molecule has 2 rings (SSSR count).